The number of nitrogens with one attached hydrogen (secondary N) is 1. The molecule has 4 atom stereocenters. The molecule has 2 heterocycles. The first-order valence-corrected chi connectivity index (χ1v) is 10.8. The molecule has 1 aromatic carbocycles. The van der Waals surface area contributed by atoms with Crippen molar-refractivity contribution in [1.82, 2.24) is 10.2 Å². The molecule has 26 heavy (non-hydrogen) atoms. The highest BCUT2D eigenvalue weighted by atomic mass is 32.1. The van der Waals surface area contributed by atoms with Crippen molar-refractivity contribution in [3.8, 4) is 0 Å². The van der Waals surface area contributed by atoms with Gasteiger partial charge in [-0.2, -0.15) is 0 Å². The Morgan fingerprint density at radius 1 is 1.15 bits per heavy atom. The number of thiophene rings is 1. The van der Waals surface area contributed by atoms with E-state index in [1.165, 1.54) is 22.4 Å². The van der Waals surface area contributed by atoms with Gasteiger partial charge in [-0.3, -0.25) is 9.69 Å². The highest BCUT2D eigenvalue weighted by molar-refractivity contribution is 7.10. The summed E-state index contributed by atoms with van der Waals surface area (Å²) in [6.07, 6.45) is 4.73. The summed E-state index contributed by atoms with van der Waals surface area (Å²) in [5.74, 6) is 2.26. The molecule has 1 N–H and O–H groups in total. The number of fused-ring (bicyclic) bond motifs is 2. The van der Waals surface area contributed by atoms with E-state index in [0.29, 0.717) is 6.54 Å². The third-order valence-electron chi connectivity index (χ3n) is 6.55. The van der Waals surface area contributed by atoms with E-state index in [1.54, 1.807) is 0 Å². The van der Waals surface area contributed by atoms with Crippen LogP contribution in [0.15, 0.2) is 41.8 Å². The molecule has 1 aromatic heterocycles. The van der Waals surface area contributed by atoms with E-state index in [-0.39, 0.29) is 17.9 Å². The highest BCUT2D eigenvalue weighted by Crippen LogP contribution is 2.54. The van der Waals surface area contributed by atoms with Gasteiger partial charge in [-0.25, -0.2) is 0 Å². The molecule has 0 bridgehead atoms. The second kappa shape index (κ2) is 6.82. The average Bonchev–Trinajstić information content (AvgIpc) is 3.08. The maximum atomic E-state index is 12.7. The van der Waals surface area contributed by atoms with Crippen molar-refractivity contribution >= 4 is 17.2 Å². The van der Waals surface area contributed by atoms with Crippen LogP contribution in [0.4, 0.5) is 0 Å². The molecule has 2 unspecified atom stereocenters. The zero-order valence-electron chi connectivity index (χ0n) is 15.1. The predicted molar refractivity (Wildman–Crippen MR) is 105 cm³/mol. The largest absolute Gasteiger partial charge is 0.354 e. The third kappa shape index (κ3) is 3.21. The van der Waals surface area contributed by atoms with Gasteiger partial charge < -0.3 is 5.32 Å². The summed E-state index contributed by atoms with van der Waals surface area (Å²) < 4.78 is 0. The monoisotopic (exact) mass is 366 g/mol. The summed E-state index contributed by atoms with van der Waals surface area (Å²) in [5.41, 5.74) is 2.77. The molecule has 3 nitrogen and oxygen atoms in total. The number of rotatable bonds is 5. The zero-order valence-corrected chi connectivity index (χ0v) is 15.9. The van der Waals surface area contributed by atoms with Crippen molar-refractivity contribution in [3.63, 3.8) is 0 Å². The topological polar surface area (TPSA) is 32.3 Å². The molecule has 2 fully saturated rings. The Morgan fingerprint density at radius 2 is 1.96 bits per heavy atom. The fraction of sp³-hybridized carbons (Fsp3) is 0.500. The van der Waals surface area contributed by atoms with Crippen LogP contribution in [-0.4, -0.2) is 23.9 Å². The molecule has 4 heteroatoms. The molecule has 1 aliphatic heterocycles. The molecule has 136 valence electrons. The van der Waals surface area contributed by atoms with E-state index in [9.17, 15) is 4.79 Å². The lowest BCUT2D eigenvalue weighted by Crippen LogP contribution is -2.41. The van der Waals surface area contributed by atoms with E-state index >= 15 is 0 Å². The van der Waals surface area contributed by atoms with Crippen LogP contribution < -0.4 is 5.32 Å². The van der Waals surface area contributed by atoms with Gasteiger partial charge in [0, 0.05) is 30.4 Å². The van der Waals surface area contributed by atoms with Crippen LogP contribution in [0.25, 0.3) is 0 Å². The molecule has 0 saturated heterocycles. The molecular weight excluding hydrogens is 340 g/mol. The molecule has 3 aliphatic rings. The lowest BCUT2D eigenvalue weighted by molar-refractivity contribution is -0.125. The van der Waals surface area contributed by atoms with Gasteiger partial charge in [0.25, 0.3) is 0 Å². The van der Waals surface area contributed by atoms with Crippen LogP contribution in [0.2, 0.25) is 0 Å². The van der Waals surface area contributed by atoms with Crippen molar-refractivity contribution in [2.45, 2.75) is 38.3 Å². The third-order valence-corrected chi connectivity index (χ3v) is 7.57. The van der Waals surface area contributed by atoms with Gasteiger partial charge in [-0.05, 0) is 60.1 Å². The summed E-state index contributed by atoms with van der Waals surface area (Å²) in [6, 6.07) is 13.2. The van der Waals surface area contributed by atoms with Crippen LogP contribution in [-0.2, 0) is 17.8 Å². The molecular formula is C22H26N2OS. The number of carbonyl (C=O) groups is 1. The smallest absolute Gasteiger partial charge is 0.223 e. The summed E-state index contributed by atoms with van der Waals surface area (Å²) in [4.78, 5) is 16.7. The minimum atomic E-state index is 0.254. The molecule has 1 amide bonds. The van der Waals surface area contributed by atoms with Crippen molar-refractivity contribution in [2.75, 3.05) is 13.1 Å². The Hall–Kier alpha value is -1.65. The number of amides is 1. The average molecular weight is 367 g/mol. The Morgan fingerprint density at radius 3 is 2.77 bits per heavy atom. The van der Waals surface area contributed by atoms with Gasteiger partial charge in [-0.15, -0.1) is 11.3 Å². The number of hydrogen-bond donors (Lipinski definition) is 1. The summed E-state index contributed by atoms with van der Waals surface area (Å²) >= 11 is 1.88. The SMILES string of the molecule is O=C(NCC(c1ccccc1)N1CCc2sccc2C1)C1C[C@@H]2C[C@@H]2C1. The van der Waals surface area contributed by atoms with Crippen molar-refractivity contribution in [2.24, 2.45) is 17.8 Å². The maximum absolute atomic E-state index is 12.7. The van der Waals surface area contributed by atoms with Crippen LogP contribution in [0, 0.1) is 17.8 Å². The lowest BCUT2D eigenvalue weighted by atomic mass is 9.99. The van der Waals surface area contributed by atoms with E-state index in [4.69, 9.17) is 0 Å². The minimum absolute atomic E-state index is 0.254. The summed E-state index contributed by atoms with van der Waals surface area (Å²) in [5, 5.41) is 5.51. The van der Waals surface area contributed by atoms with Crippen molar-refractivity contribution in [3.05, 3.63) is 57.8 Å². The predicted octanol–water partition coefficient (Wildman–Crippen LogP) is 4.01. The van der Waals surface area contributed by atoms with Crippen LogP contribution >= 0.6 is 11.3 Å². The minimum Gasteiger partial charge on any atom is -0.354 e. The van der Waals surface area contributed by atoms with Crippen molar-refractivity contribution in [1.29, 1.82) is 0 Å². The second-order valence-electron chi connectivity index (χ2n) is 8.19. The van der Waals surface area contributed by atoms with Gasteiger partial charge in [-0.1, -0.05) is 30.3 Å². The first kappa shape index (κ1) is 16.5. The molecule has 0 radical (unpaired) electrons. The molecule has 2 aliphatic carbocycles. The molecule has 2 saturated carbocycles. The standard InChI is InChI=1S/C22H26N2OS/c25-22(19-11-17-10-18(17)12-19)23-13-20(15-4-2-1-3-5-15)24-8-6-21-16(14-24)7-9-26-21/h1-5,7,9,17-20H,6,8,10-14H2,(H,23,25)/t17-,18+,19?,20?. The zero-order chi connectivity index (χ0) is 17.5. The Kier molecular flexibility index (Phi) is 4.33. The fourth-order valence-electron chi connectivity index (χ4n) is 4.94. The first-order chi connectivity index (χ1) is 12.8. The maximum Gasteiger partial charge on any atom is 0.223 e. The quantitative estimate of drug-likeness (QED) is 0.867. The fourth-order valence-corrected chi connectivity index (χ4v) is 5.83. The van der Waals surface area contributed by atoms with Gasteiger partial charge in [0.15, 0.2) is 0 Å². The lowest BCUT2D eigenvalue weighted by Gasteiger charge is -2.35. The van der Waals surface area contributed by atoms with E-state index in [1.807, 2.05) is 11.3 Å². The highest BCUT2D eigenvalue weighted by Gasteiger charge is 2.48. The van der Waals surface area contributed by atoms with E-state index in [0.717, 1.165) is 44.2 Å². The molecule has 5 rings (SSSR count). The van der Waals surface area contributed by atoms with Gasteiger partial charge >= 0.3 is 0 Å². The van der Waals surface area contributed by atoms with Crippen LogP contribution in [0.1, 0.15) is 41.3 Å². The molecule has 0 spiro atoms. The van der Waals surface area contributed by atoms with Crippen molar-refractivity contribution < 1.29 is 4.79 Å². The van der Waals surface area contributed by atoms with E-state index < -0.39 is 0 Å². The number of nitrogens with zero attached hydrogens (tertiary/aromatic N) is 1. The Bertz CT molecular complexity index is 776. The number of carbonyl (C=O) groups excluding carboxylic acids is 1. The Labute approximate surface area is 159 Å². The summed E-state index contributed by atoms with van der Waals surface area (Å²) in [6.45, 7) is 2.77. The summed E-state index contributed by atoms with van der Waals surface area (Å²) in [7, 11) is 0. The van der Waals surface area contributed by atoms with E-state index in [2.05, 4.69) is 52.0 Å². The van der Waals surface area contributed by atoms with Crippen LogP contribution in [0.3, 0.4) is 0 Å². The van der Waals surface area contributed by atoms with Gasteiger partial charge in [0.2, 0.25) is 5.91 Å². The first-order valence-electron chi connectivity index (χ1n) is 9.90. The number of benzene rings is 1. The second-order valence-corrected chi connectivity index (χ2v) is 9.19. The number of hydrogen-bond acceptors (Lipinski definition) is 3. The molecule has 2 aromatic rings. The van der Waals surface area contributed by atoms with Gasteiger partial charge in [0.1, 0.15) is 0 Å². The Balaban J connectivity index is 1.29. The normalized spacial score (nSPS) is 28.2. The van der Waals surface area contributed by atoms with Gasteiger partial charge in [0.05, 0.1) is 6.04 Å². The van der Waals surface area contributed by atoms with Crippen LogP contribution in [0.5, 0.6) is 0 Å².